The van der Waals surface area contributed by atoms with E-state index in [0.717, 1.165) is 30.4 Å². The average molecular weight is 499 g/mol. The van der Waals surface area contributed by atoms with Crippen LogP contribution in [0.4, 0.5) is 5.69 Å². The van der Waals surface area contributed by atoms with Gasteiger partial charge in [-0.05, 0) is 56.2 Å². The van der Waals surface area contributed by atoms with E-state index in [1.165, 1.54) is 0 Å². The molecule has 0 bridgehead atoms. The van der Waals surface area contributed by atoms with Crippen molar-refractivity contribution in [3.63, 3.8) is 0 Å². The maximum Gasteiger partial charge on any atom is 0.310 e. The van der Waals surface area contributed by atoms with E-state index >= 15 is 0 Å². The third kappa shape index (κ3) is 5.36. The molecule has 36 heavy (non-hydrogen) atoms. The quantitative estimate of drug-likeness (QED) is 0.371. The summed E-state index contributed by atoms with van der Waals surface area (Å²) >= 11 is 0. The van der Waals surface area contributed by atoms with Crippen LogP contribution in [0.1, 0.15) is 58.1 Å². The standard InChI is InChI=1S/C29H42N2O5/c1-7-10-20-13-14-21-25(24(20)29(35)36-9-3)28(34)31(23(16-32)18(5)8-2)26(21)27(33)30-22-15-17(4)11-12-19(22)6/h11-15,18,20-21,23-26,32H,7-10,16H2,1-6H3,(H,30,33)/t18-,20+,21-,23-,24+,25-,26-/m0/s1. The average Bonchev–Trinajstić information content (AvgIpc) is 3.14. The van der Waals surface area contributed by atoms with E-state index in [1.54, 1.807) is 11.8 Å². The Labute approximate surface area is 215 Å². The molecule has 1 fully saturated rings. The minimum absolute atomic E-state index is 0.0217. The molecule has 1 aliphatic carbocycles. The summed E-state index contributed by atoms with van der Waals surface area (Å²) in [5, 5.41) is 13.4. The fraction of sp³-hybridized carbons (Fsp3) is 0.621. The molecule has 1 aromatic carbocycles. The molecule has 1 aliphatic heterocycles. The van der Waals surface area contributed by atoms with Gasteiger partial charge in [-0.1, -0.05) is 57.9 Å². The maximum atomic E-state index is 14.1. The fourth-order valence-electron chi connectivity index (χ4n) is 5.86. The molecule has 1 heterocycles. The first-order chi connectivity index (χ1) is 17.2. The van der Waals surface area contributed by atoms with Crippen LogP contribution in [0.15, 0.2) is 30.4 Å². The molecule has 3 rings (SSSR count). The number of carbonyl (C=O) groups is 3. The molecular weight excluding hydrogens is 456 g/mol. The van der Waals surface area contributed by atoms with E-state index in [0.29, 0.717) is 5.69 Å². The monoisotopic (exact) mass is 498 g/mol. The first-order valence-corrected chi connectivity index (χ1v) is 13.4. The number of nitrogens with zero attached hydrogens (tertiary/aromatic N) is 1. The molecule has 2 amide bonds. The molecular formula is C29H42N2O5. The molecule has 7 nitrogen and oxygen atoms in total. The van der Waals surface area contributed by atoms with Crippen molar-refractivity contribution in [1.29, 1.82) is 0 Å². The molecule has 0 radical (unpaired) electrons. The van der Waals surface area contributed by atoms with E-state index in [4.69, 9.17) is 4.74 Å². The van der Waals surface area contributed by atoms with Gasteiger partial charge in [-0.2, -0.15) is 0 Å². The molecule has 7 atom stereocenters. The number of likely N-dealkylation sites (tertiary alicyclic amines) is 1. The normalized spacial score (nSPS) is 26.9. The van der Waals surface area contributed by atoms with Crippen LogP contribution in [0.25, 0.3) is 0 Å². The Kier molecular flexibility index (Phi) is 9.34. The van der Waals surface area contributed by atoms with Crippen molar-refractivity contribution in [3.8, 4) is 0 Å². The van der Waals surface area contributed by atoms with Crippen LogP contribution in [-0.4, -0.2) is 53.1 Å². The number of hydrogen-bond acceptors (Lipinski definition) is 5. The van der Waals surface area contributed by atoms with Crippen LogP contribution in [0.3, 0.4) is 0 Å². The van der Waals surface area contributed by atoms with E-state index in [9.17, 15) is 19.5 Å². The number of esters is 1. The third-order valence-electron chi connectivity index (χ3n) is 7.99. The van der Waals surface area contributed by atoms with Crippen LogP contribution in [0.5, 0.6) is 0 Å². The van der Waals surface area contributed by atoms with Crippen molar-refractivity contribution in [3.05, 3.63) is 41.5 Å². The highest BCUT2D eigenvalue weighted by atomic mass is 16.5. The second-order valence-electron chi connectivity index (χ2n) is 10.4. The summed E-state index contributed by atoms with van der Waals surface area (Å²) in [4.78, 5) is 42.8. The molecule has 2 N–H and O–H groups in total. The van der Waals surface area contributed by atoms with Crippen LogP contribution < -0.4 is 5.32 Å². The number of aryl methyl sites for hydroxylation is 2. The highest BCUT2D eigenvalue weighted by Gasteiger charge is 2.59. The van der Waals surface area contributed by atoms with Gasteiger partial charge >= 0.3 is 5.97 Å². The van der Waals surface area contributed by atoms with E-state index in [1.807, 2.05) is 58.0 Å². The maximum absolute atomic E-state index is 14.1. The number of nitrogens with one attached hydrogen (secondary N) is 1. The number of ether oxygens (including phenoxy) is 1. The number of fused-ring (bicyclic) bond motifs is 1. The predicted molar refractivity (Wildman–Crippen MR) is 140 cm³/mol. The first kappa shape index (κ1) is 27.9. The summed E-state index contributed by atoms with van der Waals surface area (Å²) < 4.78 is 5.43. The van der Waals surface area contributed by atoms with Crippen molar-refractivity contribution in [2.24, 2.45) is 29.6 Å². The van der Waals surface area contributed by atoms with Gasteiger partial charge < -0.3 is 20.1 Å². The van der Waals surface area contributed by atoms with Crippen LogP contribution in [0.2, 0.25) is 0 Å². The Bertz CT molecular complexity index is 990. The number of allylic oxidation sites excluding steroid dienone is 1. The number of rotatable bonds is 10. The lowest BCUT2D eigenvalue weighted by Gasteiger charge is -2.36. The van der Waals surface area contributed by atoms with Crippen LogP contribution in [-0.2, 0) is 19.1 Å². The van der Waals surface area contributed by atoms with Gasteiger partial charge in [0.25, 0.3) is 0 Å². The molecule has 1 aromatic rings. The number of hydrogen-bond donors (Lipinski definition) is 2. The third-order valence-corrected chi connectivity index (χ3v) is 7.99. The molecule has 1 saturated heterocycles. The van der Waals surface area contributed by atoms with Crippen molar-refractivity contribution in [2.45, 2.75) is 72.9 Å². The zero-order chi connectivity index (χ0) is 26.6. The molecule has 0 saturated carbocycles. The molecule has 7 heteroatoms. The molecule has 198 valence electrons. The minimum Gasteiger partial charge on any atom is -0.466 e. The Hall–Kier alpha value is -2.67. The van der Waals surface area contributed by atoms with Gasteiger partial charge in [-0.15, -0.1) is 0 Å². The minimum atomic E-state index is -0.829. The van der Waals surface area contributed by atoms with Crippen LogP contribution >= 0.6 is 0 Å². The highest BCUT2D eigenvalue weighted by molar-refractivity contribution is 6.02. The predicted octanol–water partition coefficient (Wildman–Crippen LogP) is 4.26. The Balaban J connectivity index is 2.09. The van der Waals surface area contributed by atoms with E-state index < -0.39 is 29.8 Å². The number of carbonyl (C=O) groups excluding carboxylic acids is 3. The summed E-state index contributed by atoms with van der Waals surface area (Å²) in [6.07, 6.45) is 6.31. The summed E-state index contributed by atoms with van der Waals surface area (Å²) in [5.74, 6) is -2.91. The lowest BCUT2D eigenvalue weighted by atomic mass is 9.69. The van der Waals surface area contributed by atoms with E-state index in [2.05, 4.69) is 12.2 Å². The van der Waals surface area contributed by atoms with Gasteiger partial charge in [0.1, 0.15) is 6.04 Å². The first-order valence-electron chi connectivity index (χ1n) is 13.4. The number of anilines is 1. The molecule has 0 spiro atoms. The number of aliphatic hydroxyl groups excluding tert-OH is 1. The topological polar surface area (TPSA) is 95.9 Å². The zero-order valence-electron chi connectivity index (χ0n) is 22.5. The van der Waals surface area contributed by atoms with Crippen molar-refractivity contribution in [2.75, 3.05) is 18.5 Å². The van der Waals surface area contributed by atoms with Gasteiger partial charge in [0.15, 0.2) is 0 Å². The van der Waals surface area contributed by atoms with Gasteiger partial charge in [-0.3, -0.25) is 14.4 Å². The number of amides is 2. The van der Waals surface area contributed by atoms with Crippen LogP contribution in [0, 0.1) is 43.4 Å². The van der Waals surface area contributed by atoms with Crippen molar-refractivity contribution in [1.82, 2.24) is 4.90 Å². The van der Waals surface area contributed by atoms with Gasteiger partial charge in [0, 0.05) is 11.6 Å². The summed E-state index contributed by atoms with van der Waals surface area (Å²) in [7, 11) is 0. The second-order valence-corrected chi connectivity index (χ2v) is 10.4. The smallest absolute Gasteiger partial charge is 0.310 e. The molecule has 0 unspecified atom stereocenters. The zero-order valence-corrected chi connectivity index (χ0v) is 22.5. The Morgan fingerprint density at radius 2 is 1.89 bits per heavy atom. The fourth-order valence-corrected chi connectivity index (χ4v) is 5.86. The Morgan fingerprint density at radius 3 is 2.50 bits per heavy atom. The Morgan fingerprint density at radius 1 is 1.17 bits per heavy atom. The summed E-state index contributed by atoms with van der Waals surface area (Å²) in [6.45, 7) is 11.7. The molecule has 0 aromatic heterocycles. The number of aliphatic hydroxyl groups is 1. The van der Waals surface area contributed by atoms with E-state index in [-0.39, 0.29) is 42.8 Å². The summed E-state index contributed by atoms with van der Waals surface area (Å²) in [6, 6.07) is 4.50. The lowest BCUT2D eigenvalue weighted by molar-refractivity contribution is -0.156. The van der Waals surface area contributed by atoms with Gasteiger partial charge in [-0.25, -0.2) is 0 Å². The van der Waals surface area contributed by atoms with Gasteiger partial charge in [0.2, 0.25) is 11.8 Å². The van der Waals surface area contributed by atoms with Gasteiger partial charge in [0.05, 0.1) is 31.1 Å². The largest absolute Gasteiger partial charge is 0.466 e. The van der Waals surface area contributed by atoms with Crippen molar-refractivity contribution >= 4 is 23.5 Å². The second kappa shape index (κ2) is 12.0. The molecule has 2 aliphatic rings. The van der Waals surface area contributed by atoms with Crippen molar-refractivity contribution < 1.29 is 24.2 Å². The SMILES string of the molecule is CCC[C@@H]1C=C[C@H]2[C@H](C(=O)N([C@@H](CO)[C@@H](C)CC)[C@@H]2C(=O)Nc2cc(C)ccc2C)[C@@H]1C(=O)OCC. The highest BCUT2D eigenvalue weighted by Crippen LogP contribution is 2.47. The number of benzene rings is 1. The lowest BCUT2D eigenvalue weighted by Crippen LogP contribution is -2.52. The summed E-state index contributed by atoms with van der Waals surface area (Å²) in [5.41, 5.74) is 2.64.